The molecule has 0 fully saturated rings. The van der Waals surface area contributed by atoms with Gasteiger partial charge in [-0.15, -0.1) is 0 Å². The Morgan fingerprint density at radius 3 is 2.22 bits per heavy atom. The molecule has 0 saturated heterocycles. The molecule has 2 atom stereocenters. The Balaban J connectivity index is 3.88. The van der Waals surface area contributed by atoms with Gasteiger partial charge in [0.2, 0.25) is 0 Å². The molecule has 7 heteroatoms. The average Bonchev–Trinajstić information content (AvgIpc) is 1.63. The molecular formula is C2H6O5PS-. The molecule has 9 heavy (non-hydrogen) atoms. The van der Waals surface area contributed by atoms with Gasteiger partial charge < -0.3 is 9.08 Å². The van der Waals surface area contributed by atoms with Crippen LogP contribution in [0.25, 0.3) is 0 Å². The lowest BCUT2D eigenvalue weighted by Crippen LogP contribution is -1.93. The molecule has 5 nitrogen and oxygen atoms in total. The molecule has 0 aromatic heterocycles. The minimum absolute atomic E-state index is 1.06. The Labute approximate surface area is 55.4 Å². The smallest absolute Gasteiger partial charge is 0.339 e. The molecule has 0 aliphatic heterocycles. The highest BCUT2D eigenvalue weighted by Gasteiger charge is 2.14. The highest BCUT2D eigenvalue weighted by atomic mass is 32.2. The zero-order valence-corrected chi connectivity index (χ0v) is 6.61. The van der Waals surface area contributed by atoms with Crippen LogP contribution >= 0.6 is 7.60 Å². The second kappa shape index (κ2) is 3.43. The van der Waals surface area contributed by atoms with Crippen LogP contribution in [0.4, 0.5) is 0 Å². The third-order valence-electron chi connectivity index (χ3n) is 0.528. The highest BCUT2D eigenvalue weighted by molar-refractivity contribution is 7.80. The topological polar surface area (TPSA) is 75.7 Å². The van der Waals surface area contributed by atoms with Crippen molar-refractivity contribution >= 4 is 19.0 Å². The first-order valence-electron chi connectivity index (χ1n) is 1.90. The maximum Gasteiger partial charge on any atom is 0.339 e. The van der Waals surface area contributed by atoms with Crippen LogP contribution < -0.4 is 0 Å². The molecule has 2 unspecified atom stereocenters. The van der Waals surface area contributed by atoms with E-state index in [1.165, 1.54) is 0 Å². The number of rotatable bonds is 3. The van der Waals surface area contributed by atoms with Gasteiger partial charge in [0.1, 0.15) is 0 Å². The van der Waals surface area contributed by atoms with Crippen LogP contribution in [0.15, 0.2) is 0 Å². The van der Waals surface area contributed by atoms with Crippen molar-refractivity contribution in [1.29, 1.82) is 0 Å². The standard InChI is InChI=1S/C2H7O5PS/c1-6-8(2,3)7-9(4)5/h1-2H3,(H,4,5)/p-1. The van der Waals surface area contributed by atoms with Gasteiger partial charge in [0.25, 0.3) is 0 Å². The quantitative estimate of drug-likeness (QED) is 0.452. The molecule has 0 aromatic carbocycles. The lowest BCUT2D eigenvalue weighted by molar-refractivity contribution is 0.322. The molecule has 0 heterocycles. The fraction of sp³-hybridized carbons (Fsp3) is 1.00. The van der Waals surface area contributed by atoms with Crippen LogP contribution in [0.1, 0.15) is 0 Å². The fourth-order valence-electron chi connectivity index (χ4n) is 0.141. The van der Waals surface area contributed by atoms with Crippen LogP contribution in [0, 0.1) is 0 Å². The Kier molecular flexibility index (Phi) is 3.53. The van der Waals surface area contributed by atoms with E-state index in [1.54, 1.807) is 0 Å². The van der Waals surface area contributed by atoms with Crippen molar-refractivity contribution in [1.82, 2.24) is 0 Å². The van der Waals surface area contributed by atoms with Gasteiger partial charge in [0.05, 0.1) is 11.4 Å². The summed E-state index contributed by atoms with van der Waals surface area (Å²) in [6.07, 6.45) is 0. The highest BCUT2D eigenvalue weighted by Crippen LogP contribution is 2.43. The second-order valence-corrected chi connectivity index (χ2v) is 4.14. The van der Waals surface area contributed by atoms with Crippen LogP contribution in [-0.2, 0) is 24.4 Å². The van der Waals surface area contributed by atoms with E-state index in [4.69, 9.17) is 0 Å². The third kappa shape index (κ3) is 4.74. The van der Waals surface area contributed by atoms with Crippen molar-refractivity contribution in [2.24, 2.45) is 0 Å². The predicted molar refractivity (Wildman–Crippen MR) is 30.5 cm³/mol. The molecule has 0 N–H and O–H groups in total. The summed E-state index contributed by atoms with van der Waals surface area (Å²) in [5.41, 5.74) is 0. The Bertz CT molecular complexity index is 155. The van der Waals surface area contributed by atoms with Crippen molar-refractivity contribution in [3.05, 3.63) is 0 Å². The second-order valence-electron chi connectivity index (χ2n) is 1.23. The Hall–Kier alpha value is 0.260. The van der Waals surface area contributed by atoms with E-state index in [9.17, 15) is 13.3 Å². The minimum atomic E-state index is -3.34. The van der Waals surface area contributed by atoms with Crippen molar-refractivity contribution < 1.29 is 21.8 Å². The summed E-state index contributed by atoms with van der Waals surface area (Å²) in [4.78, 5) is 0. The van der Waals surface area contributed by atoms with E-state index in [2.05, 4.69) is 8.49 Å². The summed E-state index contributed by atoms with van der Waals surface area (Å²) >= 11 is -2.77. The Morgan fingerprint density at radius 1 is 1.67 bits per heavy atom. The molecule has 0 amide bonds. The number of hydrogen-bond acceptors (Lipinski definition) is 5. The van der Waals surface area contributed by atoms with Crippen LogP contribution in [0.5, 0.6) is 0 Å². The molecule has 56 valence electrons. The Morgan fingerprint density at radius 2 is 2.11 bits per heavy atom. The van der Waals surface area contributed by atoms with E-state index >= 15 is 0 Å². The molecule has 0 aliphatic carbocycles. The zero-order chi connectivity index (χ0) is 7.49. The van der Waals surface area contributed by atoms with E-state index < -0.39 is 19.0 Å². The van der Waals surface area contributed by atoms with E-state index in [1.807, 2.05) is 0 Å². The van der Waals surface area contributed by atoms with Gasteiger partial charge in [-0.2, -0.15) is 0 Å². The number of hydrogen-bond donors (Lipinski definition) is 0. The molecular weight excluding hydrogens is 167 g/mol. The normalized spacial score (nSPS) is 20.8. The fourth-order valence-corrected chi connectivity index (χ4v) is 1.27. The van der Waals surface area contributed by atoms with Crippen molar-refractivity contribution in [2.45, 2.75) is 0 Å². The molecule has 0 bridgehead atoms. The van der Waals surface area contributed by atoms with E-state index in [0.717, 1.165) is 13.8 Å². The first-order chi connectivity index (χ1) is 3.98. The monoisotopic (exact) mass is 173 g/mol. The maximum atomic E-state index is 10.6. The first kappa shape index (κ1) is 9.26. The molecule has 0 saturated carbocycles. The average molecular weight is 173 g/mol. The van der Waals surface area contributed by atoms with Crippen molar-refractivity contribution in [2.75, 3.05) is 13.8 Å². The molecule has 0 aliphatic rings. The molecule has 0 spiro atoms. The van der Waals surface area contributed by atoms with Gasteiger partial charge in [0, 0.05) is 13.8 Å². The van der Waals surface area contributed by atoms with Crippen LogP contribution in [0.2, 0.25) is 0 Å². The summed E-state index contributed by atoms with van der Waals surface area (Å²) in [6, 6.07) is 0. The van der Waals surface area contributed by atoms with E-state index in [0.29, 0.717) is 0 Å². The van der Waals surface area contributed by atoms with Gasteiger partial charge in [-0.25, -0.2) is 8.18 Å². The first-order valence-corrected chi connectivity index (χ1v) is 4.89. The molecule has 0 aromatic rings. The third-order valence-corrected chi connectivity index (χ3v) is 2.76. The van der Waals surface area contributed by atoms with Crippen LogP contribution in [0.3, 0.4) is 0 Å². The predicted octanol–water partition coefficient (Wildman–Crippen LogP) is 0.266. The largest absolute Gasteiger partial charge is 0.749 e. The summed E-state index contributed by atoms with van der Waals surface area (Å²) in [5, 5.41) is 0. The van der Waals surface area contributed by atoms with Crippen molar-refractivity contribution in [3.8, 4) is 0 Å². The van der Waals surface area contributed by atoms with E-state index in [-0.39, 0.29) is 0 Å². The summed E-state index contributed by atoms with van der Waals surface area (Å²) in [6.45, 7) is 1.06. The molecule has 0 radical (unpaired) electrons. The van der Waals surface area contributed by atoms with Gasteiger partial charge >= 0.3 is 7.60 Å². The lowest BCUT2D eigenvalue weighted by atomic mass is 11.8. The maximum absolute atomic E-state index is 10.6. The SMILES string of the molecule is COP(C)(=O)OS(=O)[O-]. The van der Waals surface area contributed by atoms with Gasteiger partial charge in [0.15, 0.2) is 0 Å². The molecule has 0 rings (SSSR count). The van der Waals surface area contributed by atoms with Crippen LogP contribution in [-0.4, -0.2) is 22.5 Å². The summed E-state index contributed by atoms with van der Waals surface area (Å²) < 4.78 is 38.0. The van der Waals surface area contributed by atoms with Gasteiger partial charge in [-0.3, -0.25) is 4.57 Å². The summed E-state index contributed by atoms with van der Waals surface area (Å²) in [7, 11) is -2.24. The van der Waals surface area contributed by atoms with Crippen molar-refractivity contribution in [3.63, 3.8) is 0 Å². The van der Waals surface area contributed by atoms with Gasteiger partial charge in [-0.1, -0.05) is 0 Å². The zero-order valence-electron chi connectivity index (χ0n) is 4.90. The summed E-state index contributed by atoms with van der Waals surface area (Å²) in [5.74, 6) is 0. The van der Waals surface area contributed by atoms with Gasteiger partial charge in [-0.05, 0) is 0 Å². The lowest BCUT2D eigenvalue weighted by Gasteiger charge is -2.10. The minimum Gasteiger partial charge on any atom is -0.749 e.